The standard InChI is InChI=1S/C13H13ClN2O/c1-9-3-2-5-16-13(9)12(17)7-10-4-6-15-8-11(10)14/h2-6,8,12,17H,7H2,1H3. The Morgan fingerprint density at radius 1 is 1.35 bits per heavy atom. The van der Waals surface area contributed by atoms with Crippen LogP contribution in [0.4, 0.5) is 0 Å². The zero-order valence-electron chi connectivity index (χ0n) is 9.47. The number of aliphatic hydroxyl groups excluding tert-OH is 1. The van der Waals surface area contributed by atoms with Gasteiger partial charge in [-0.1, -0.05) is 17.7 Å². The first kappa shape index (κ1) is 12.0. The summed E-state index contributed by atoms with van der Waals surface area (Å²) in [4.78, 5) is 8.11. The molecule has 1 unspecified atom stereocenters. The Labute approximate surface area is 105 Å². The number of pyridine rings is 2. The molecular formula is C13H13ClN2O. The first-order chi connectivity index (χ1) is 8.18. The van der Waals surface area contributed by atoms with E-state index in [0.29, 0.717) is 17.1 Å². The van der Waals surface area contributed by atoms with Crippen molar-refractivity contribution in [1.29, 1.82) is 0 Å². The van der Waals surface area contributed by atoms with Crippen molar-refractivity contribution in [3.8, 4) is 0 Å². The molecule has 0 aliphatic heterocycles. The summed E-state index contributed by atoms with van der Waals surface area (Å²) in [5, 5.41) is 10.7. The largest absolute Gasteiger partial charge is 0.386 e. The molecular weight excluding hydrogens is 236 g/mol. The first-order valence-corrected chi connectivity index (χ1v) is 5.74. The van der Waals surface area contributed by atoms with Gasteiger partial charge in [0.25, 0.3) is 0 Å². The van der Waals surface area contributed by atoms with Gasteiger partial charge in [0.15, 0.2) is 0 Å². The molecule has 2 rings (SSSR count). The van der Waals surface area contributed by atoms with E-state index in [-0.39, 0.29) is 0 Å². The molecule has 2 aromatic rings. The molecule has 0 aromatic carbocycles. The predicted octanol–water partition coefficient (Wildman–Crippen LogP) is 2.71. The van der Waals surface area contributed by atoms with Gasteiger partial charge in [-0.25, -0.2) is 0 Å². The molecule has 0 fully saturated rings. The monoisotopic (exact) mass is 248 g/mol. The molecule has 88 valence electrons. The predicted molar refractivity (Wildman–Crippen MR) is 66.9 cm³/mol. The SMILES string of the molecule is Cc1cccnc1C(O)Cc1ccncc1Cl. The van der Waals surface area contributed by atoms with Crippen LogP contribution in [0, 0.1) is 6.92 Å². The number of nitrogens with zero attached hydrogens (tertiary/aromatic N) is 2. The van der Waals surface area contributed by atoms with Crippen molar-refractivity contribution in [3.63, 3.8) is 0 Å². The summed E-state index contributed by atoms with van der Waals surface area (Å²) in [7, 11) is 0. The zero-order valence-corrected chi connectivity index (χ0v) is 10.2. The van der Waals surface area contributed by atoms with Gasteiger partial charge >= 0.3 is 0 Å². The fourth-order valence-corrected chi connectivity index (χ4v) is 1.92. The van der Waals surface area contributed by atoms with Gasteiger partial charge in [0.2, 0.25) is 0 Å². The second kappa shape index (κ2) is 5.25. The van der Waals surface area contributed by atoms with Crippen LogP contribution in [0.1, 0.15) is 22.9 Å². The smallest absolute Gasteiger partial charge is 0.100 e. The quantitative estimate of drug-likeness (QED) is 0.909. The Balaban J connectivity index is 2.20. The van der Waals surface area contributed by atoms with Crippen molar-refractivity contribution >= 4 is 11.6 Å². The molecule has 3 nitrogen and oxygen atoms in total. The molecule has 0 aliphatic rings. The van der Waals surface area contributed by atoms with E-state index >= 15 is 0 Å². The molecule has 0 bridgehead atoms. The third kappa shape index (κ3) is 2.81. The van der Waals surface area contributed by atoms with Crippen molar-refractivity contribution in [2.24, 2.45) is 0 Å². The summed E-state index contributed by atoms with van der Waals surface area (Å²) in [6.07, 6.45) is 4.73. The average Bonchev–Trinajstić information content (AvgIpc) is 2.32. The second-order valence-electron chi connectivity index (χ2n) is 3.89. The summed E-state index contributed by atoms with van der Waals surface area (Å²) in [6, 6.07) is 5.59. The molecule has 0 saturated carbocycles. The van der Waals surface area contributed by atoms with Gasteiger partial charge in [0, 0.05) is 25.0 Å². The van der Waals surface area contributed by atoms with E-state index in [1.807, 2.05) is 25.1 Å². The van der Waals surface area contributed by atoms with E-state index in [1.165, 1.54) is 0 Å². The number of hydrogen-bond acceptors (Lipinski definition) is 3. The number of aryl methyl sites for hydroxylation is 1. The van der Waals surface area contributed by atoms with Gasteiger partial charge in [-0.15, -0.1) is 0 Å². The highest BCUT2D eigenvalue weighted by Gasteiger charge is 2.13. The van der Waals surface area contributed by atoms with Crippen molar-refractivity contribution < 1.29 is 5.11 Å². The van der Waals surface area contributed by atoms with Crippen LogP contribution in [0.25, 0.3) is 0 Å². The Bertz CT molecular complexity index is 516. The Morgan fingerprint density at radius 2 is 2.18 bits per heavy atom. The van der Waals surface area contributed by atoms with Crippen molar-refractivity contribution in [3.05, 3.63) is 58.6 Å². The summed E-state index contributed by atoms with van der Waals surface area (Å²) in [5.74, 6) is 0. The normalized spacial score (nSPS) is 12.4. The minimum absolute atomic E-state index is 0.444. The van der Waals surface area contributed by atoms with Gasteiger partial charge in [-0.2, -0.15) is 0 Å². The highest BCUT2D eigenvalue weighted by molar-refractivity contribution is 6.31. The second-order valence-corrected chi connectivity index (χ2v) is 4.30. The number of aromatic nitrogens is 2. The van der Waals surface area contributed by atoms with Crippen LogP contribution in [-0.4, -0.2) is 15.1 Å². The van der Waals surface area contributed by atoms with Crippen molar-refractivity contribution in [2.45, 2.75) is 19.4 Å². The molecule has 4 heteroatoms. The maximum atomic E-state index is 10.1. The number of hydrogen-bond donors (Lipinski definition) is 1. The molecule has 0 amide bonds. The molecule has 2 heterocycles. The highest BCUT2D eigenvalue weighted by Crippen LogP contribution is 2.23. The minimum atomic E-state index is -0.643. The molecule has 0 radical (unpaired) electrons. The van der Waals surface area contributed by atoms with E-state index in [4.69, 9.17) is 11.6 Å². The van der Waals surface area contributed by atoms with Crippen LogP contribution in [0.15, 0.2) is 36.8 Å². The topological polar surface area (TPSA) is 46.0 Å². The van der Waals surface area contributed by atoms with E-state index in [1.54, 1.807) is 18.6 Å². The van der Waals surface area contributed by atoms with Crippen molar-refractivity contribution in [2.75, 3.05) is 0 Å². The lowest BCUT2D eigenvalue weighted by molar-refractivity contribution is 0.173. The van der Waals surface area contributed by atoms with Crippen LogP contribution in [0.5, 0.6) is 0 Å². The van der Waals surface area contributed by atoms with Gasteiger partial charge in [-0.05, 0) is 30.2 Å². The third-order valence-corrected chi connectivity index (χ3v) is 2.98. The maximum absolute atomic E-state index is 10.1. The Hall–Kier alpha value is -1.45. The minimum Gasteiger partial charge on any atom is -0.386 e. The first-order valence-electron chi connectivity index (χ1n) is 5.36. The maximum Gasteiger partial charge on any atom is 0.100 e. The van der Waals surface area contributed by atoms with Crippen LogP contribution in [0.3, 0.4) is 0 Å². The summed E-state index contributed by atoms with van der Waals surface area (Å²) >= 11 is 6.00. The molecule has 2 aromatic heterocycles. The van der Waals surface area contributed by atoms with Gasteiger partial charge in [0.1, 0.15) is 6.10 Å². The Kier molecular flexibility index (Phi) is 3.71. The Morgan fingerprint density at radius 3 is 2.88 bits per heavy atom. The molecule has 17 heavy (non-hydrogen) atoms. The molecule has 0 aliphatic carbocycles. The van der Waals surface area contributed by atoms with Gasteiger partial charge < -0.3 is 5.11 Å². The average molecular weight is 249 g/mol. The van der Waals surface area contributed by atoms with E-state index in [0.717, 1.165) is 11.1 Å². The number of rotatable bonds is 3. The third-order valence-electron chi connectivity index (χ3n) is 2.64. The zero-order chi connectivity index (χ0) is 12.3. The fourth-order valence-electron chi connectivity index (χ4n) is 1.72. The summed E-state index contributed by atoms with van der Waals surface area (Å²) in [5.41, 5.74) is 2.55. The molecule has 1 N–H and O–H groups in total. The lowest BCUT2D eigenvalue weighted by Gasteiger charge is -2.13. The van der Waals surface area contributed by atoms with E-state index < -0.39 is 6.10 Å². The van der Waals surface area contributed by atoms with E-state index in [2.05, 4.69) is 9.97 Å². The lowest BCUT2D eigenvalue weighted by Crippen LogP contribution is -2.06. The van der Waals surface area contributed by atoms with E-state index in [9.17, 15) is 5.11 Å². The molecule has 0 spiro atoms. The van der Waals surface area contributed by atoms with Gasteiger partial charge in [0.05, 0.1) is 10.7 Å². The number of aliphatic hydroxyl groups is 1. The lowest BCUT2D eigenvalue weighted by atomic mass is 10.0. The van der Waals surface area contributed by atoms with Crippen LogP contribution >= 0.6 is 11.6 Å². The van der Waals surface area contributed by atoms with Gasteiger partial charge in [-0.3, -0.25) is 9.97 Å². The fraction of sp³-hybridized carbons (Fsp3) is 0.231. The number of halogens is 1. The molecule has 0 saturated heterocycles. The highest BCUT2D eigenvalue weighted by atomic mass is 35.5. The van der Waals surface area contributed by atoms with Crippen molar-refractivity contribution in [1.82, 2.24) is 9.97 Å². The summed E-state index contributed by atoms with van der Waals surface area (Å²) < 4.78 is 0. The van der Waals surface area contributed by atoms with Crippen LogP contribution in [-0.2, 0) is 6.42 Å². The van der Waals surface area contributed by atoms with Crippen LogP contribution in [0.2, 0.25) is 5.02 Å². The van der Waals surface area contributed by atoms with Crippen LogP contribution < -0.4 is 0 Å². The molecule has 1 atom stereocenters. The summed E-state index contributed by atoms with van der Waals surface area (Å²) in [6.45, 7) is 1.93.